The Labute approximate surface area is 127 Å². The van der Waals surface area contributed by atoms with Crippen molar-refractivity contribution in [3.63, 3.8) is 0 Å². The van der Waals surface area contributed by atoms with Crippen LogP contribution in [-0.2, 0) is 11.3 Å². The van der Waals surface area contributed by atoms with Gasteiger partial charge in [0.2, 0.25) is 0 Å². The smallest absolute Gasteiger partial charge is 0.0641 e. The third kappa shape index (κ3) is 3.14. The molecule has 0 spiro atoms. The molecule has 3 heteroatoms. The molecule has 0 saturated carbocycles. The van der Waals surface area contributed by atoms with E-state index in [1.54, 1.807) is 0 Å². The Bertz CT molecular complexity index is 602. The standard InChI is InChI=1S/C18H26N2O/c1-4-20(15-9-11-21-18(2,3)12-15)13-14-6-5-7-17-16(14)8-10-19-17/h5-8,10,15,19H,4,9,11-13H2,1-3H3. The van der Waals surface area contributed by atoms with Crippen LogP contribution in [0.2, 0.25) is 0 Å². The van der Waals surface area contributed by atoms with E-state index in [-0.39, 0.29) is 5.60 Å². The average molecular weight is 286 g/mol. The molecule has 3 nitrogen and oxygen atoms in total. The predicted octanol–water partition coefficient (Wildman–Crippen LogP) is 3.95. The van der Waals surface area contributed by atoms with Crippen molar-refractivity contribution in [1.29, 1.82) is 0 Å². The molecule has 1 atom stereocenters. The number of aromatic amines is 1. The second-order valence-corrected chi connectivity index (χ2v) is 6.67. The van der Waals surface area contributed by atoms with Gasteiger partial charge in [0.25, 0.3) is 0 Å². The fourth-order valence-electron chi connectivity index (χ4n) is 3.52. The minimum Gasteiger partial charge on any atom is -0.375 e. The zero-order valence-electron chi connectivity index (χ0n) is 13.4. The van der Waals surface area contributed by atoms with Crippen molar-refractivity contribution in [2.75, 3.05) is 13.2 Å². The van der Waals surface area contributed by atoms with Gasteiger partial charge >= 0.3 is 0 Å². The van der Waals surface area contributed by atoms with Crippen molar-refractivity contribution in [2.45, 2.75) is 51.8 Å². The minimum absolute atomic E-state index is 0.0103. The quantitative estimate of drug-likeness (QED) is 0.922. The molecule has 0 bridgehead atoms. The van der Waals surface area contributed by atoms with E-state index in [1.165, 1.54) is 16.5 Å². The van der Waals surface area contributed by atoms with Crippen molar-refractivity contribution in [3.05, 3.63) is 36.0 Å². The maximum atomic E-state index is 5.87. The first-order valence-electron chi connectivity index (χ1n) is 8.02. The maximum Gasteiger partial charge on any atom is 0.0641 e. The van der Waals surface area contributed by atoms with E-state index in [9.17, 15) is 0 Å². The number of fused-ring (bicyclic) bond motifs is 1. The van der Waals surface area contributed by atoms with E-state index < -0.39 is 0 Å². The summed E-state index contributed by atoms with van der Waals surface area (Å²) in [6, 6.07) is 9.35. The van der Waals surface area contributed by atoms with Crippen LogP contribution < -0.4 is 0 Å². The number of benzene rings is 1. The molecule has 0 amide bonds. The highest BCUT2D eigenvalue weighted by atomic mass is 16.5. The van der Waals surface area contributed by atoms with Gasteiger partial charge in [0.15, 0.2) is 0 Å². The highest BCUT2D eigenvalue weighted by Gasteiger charge is 2.31. The summed E-state index contributed by atoms with van der Waals surface area (Å²) in [4.78, 5) is 5.91. The lowest BCUT2D eigenvalue weighted by molar-refractivity contribution is -0.0838. The summed E-state index contributed by atoms with van der Waals surface area (Å²) in [5.74, 6) is 0. The molecule has 1 aromatic carbocycles. The van der Waals surface area contributed by atoms with Crippen LogP contribution in [0, 0.1) is 0 Å². The second kappa shape index (κ2) is 5.82. The van der Waals surface area contributed by atoms with Gasteiger partial charge in [0.1, 0.15) is 0 Å². The highest BCUT2D eigenvalue weighted by molar-refractivity contribution is 5.82. The van der Waals surface area contributed by atoms with Gasteiger partial charge in [-0.15, -0.1) is 0 Å². The Kier molecular flexibility index (Phi) is 4.05. The monoisotopic (exact) mass is 286 g/mol. The van der Waals surface area contributed by atoms with E-state index >= 15 is 0 Å². The Morgan fingerprint density at radius 2 is 2.19 bits per heavy atom. The fraction of sp³-hybridized carbons (Fsp3) is 0.556. The Morgan fingerprint density at radius 1 is 1.33 bits per heavy atom. The summed E-state index contributed by atoms with van der Waals surface area (Å²) in [5, 5.41) is 1.35. The summed E-state index contributed by atoms with van der Waals surface area (Å²) < 4.78 is 5.87. The normalized spacial score (nSPS) is 22.0. The molecule has 0 aliphatic carbocycles. The molecule has 1 N–H and O–H groups in total. The lowest BCUT2D eigenvalue weighted by atomic mass is 9.92. The van der Waals surface area contributed by atoms with Gasteiger partial charge in [-0.1, -0.05) is 19.1 Å². The number of rotatable bonds is 4. The second-order valence-electron chi connectivity index (χ2n) is 6.67. The number of aromatic nitrogens is 1. The van der Waals surface area contributed by atoms with E-state index in [0.29, 0.717) is 6.04 Å². The van der Waals surface area contributed by atoms with Gasteiger partial charge in [-0.2, -0.15) is 0 Å². The third-order valence-electron chi connectivity index (χ3n) is 4.65. The lowest BCUT2D eigenvalue weighted by Crippen LogP contribution is -2.45. The number of nitrogens with zero attached hydrogens (tertiary/aromatic N) is 1. The Hall–Kier alpha value is -1.32. The summed E-state index contributed by atoms with van der Waals surface area (Å²) in [6.07, 6.45) is 4.28. The van der Waals surface area contributed by atoms with Crippen molar-refractivity contribution in [1.82, 2.24) is 9.88 Å². The number of nitrogens with one attached hydrogen (secondary N) is 1. The summed E-state index contributed by atoms with van der Waals surface area (Å²) in [5.41, 5.74) is 2.66. The van der Waals surface area contributed by atoms with Gasteiger partial charge in [-0.05, 0) is 50.9 Å². The van der Waals surface area contributed by atoms with Crippen LogP contribution in [0.4, 0.5) is 0 Å². The molecule has 3 rings (SSSR count). The first-order valence-corrected chi connectivity index (χ1v) is 8.02. The molecule has 0 radical (unpaired) electrons. The van der Waals surface area contributed by atoms with Gasteiger partial charge in [0, 0.05) is 36.3 Å². The molecule has 1 aromatic heterocycles. The largest absolute Gasteiger partial charge is 0.375 e. The maximum absolute atomic E-state index is 5.87. The summed E-state index contributed by atoms with van der Waals surface area (Å²) >= 11 is 0. The number of H-pyrrole nitrogens is 1. The van der Waals surface area contributed by atoms with Gasteiger partial charge in [0.05, 0.1) is 5.60 Å². The summed E-state index contributed by atoms with van der Waals surface area (Å²) in [7, 11) is 0. The van der Waals surface area contributed by atoms with Crippen molar-refractivity contribution < 1.29 is 4.74 Å². The molecular weight excluding hydrogens is 260 g/mol. The molecule has 1 saturated heterocycles. The van der Waals surface area contributed by atoms with Crippen LogP contribution in [0.5, 0.6) is 0 Å². The fourth-order valence-corrected chi connectivity index (χ4v) is 3.52. The number of hydrogen-bond donors (Lipinski definition) is 1. The van der Waals surface area contributed by atoms with Gasteiger partial charge in [-0.3, -0.25) is 4.90 Å². The zero-order valence-corrected chi connectivity index (χ0v) is 13.4. The predicted molar refractivity (Wildman–Crippen MR) is 87.4 cm³/mol. The third-order valence-corrected chi connectivity index (χ3v) is 4.65. The molecule has 1 fully saturated rings. The van der Waals surface area contributed by atoms with Gasteiger partial charge in [-0.25, -0.2) is 0 Å². The van der Waals surface area contributed by atoms with Crippen molar-refractivity contribution in [2.24, 2.45) is 0 Å². The molecule has 114 valence electrons. The SMILES string of the molecule is CCN(Cc1cccc2[nH]ccc12)C1CCOC(C)(C)C1. The lowest BCUT2D eigenvalue weighted by Gasteiger charge is -2.41. The van der Waals surface area contributed by atoms with E-state index in [2.05, 4.69) is 54.9 Å². The Balaban J connectivity index is 1.79. The van der Waals surface area contributed by atoms with Gasteiger partial charge < -0.3 is 9.72 Å². The average Bonchev–Trinajstić information content (AvgIpc) is 2.92. The molecule has 21 heavy (non-hydrogen) atoms. The van der Waals surface area contributed by atoms with Crippen LogP contribution in [0.25, 0.3) is 10.9 Å². The van der Waals surface area contributed by atoms with E-state index in [1.807, 2.05) is 6.20 Å². The topological polar surface area (TPSA) is 28.3 Å². The number of ether oxygens (including phenoxy) is 1. The molecule has 1 unspecified atom stereocenters. The molecule has 1 aliphatic rings. The molecule has 2 aromatic rings. The van der Waals surface area contributed by atoms with Crippen LogP contribution in [0.3, 0.4) is 0 Å². The molecule has 2 heterocycles. The Morgan fingerprint density at radius 3 is 2.95 bits per heavy atom. The first-order chi connectivity index (χ1) is 10.1. The highest BCUT2D eigenvalue weighted by Crippen LogP contribution is 2.29. The van der Waals surface area contributed by atoms with Crippen LogP contribution in [-0.4, -0.2) is 34.7 Å². The van der Waals surface area contributed by atoms with Crippen LogP contribution >= 0.6 is 0 Å². The van der Waals surface area contributed by atoms with E-state index in [4.69, 9.17) is 4.74 Å². The molecule has 1 aliphatic heterocycles. The first kappa shape index (κ1) is 14.6. The number of hydrogen-bond acceptors (Lipinski definition) is 2. The zero-order chi connectivity index (χ0) is 14.9. The van der Waals surface area contributed by atoms with Crippen LogP contribution in [0.1, 0.15) is 39.2 Å². The summed E-state index contributed by atoms with van der Waals surface area (Å²) in [6.45, 7) is 9.66. The molecular formula is C18H26N2O. The minimum atomic E-state index is 0.0103. The van der Waals surface area contributed by atoms with Crippen LogP contribution in [0.15, 0.2) is 30.5 Å². The van der Waals surface area contributed by atoms with Crippen molar-refractivity contribution in [3.8, 4) is 0 Å². The van der Waals surface area contributed by atoms with E-state index in [0.717, 1.165) is 32.5 Å². The van der Waals surface area contributed by atoms with Crippen molar-refractivity contribution >= 4 is 10.9 Å².